The van der Waals surface area contributed by atoms with Gasteiger partial charge in [0.05, 0.1) is 11.9 Å². The molecule has 2 aromatic rings. The second kappa shape index (κ2) is 10.2. The van der Waals surface area contributed by atoms with Gasteiger partial charge in [-0.05, 0) is 55.8 Å². The molecule has 0 fully saturated rings. The average Bonchev–Trinajstić information content (AvgIpc) is 2.63. The van der Waals surface area contributed by atoms with Crippen LogP contribution in [-0.2, 0) is 4.79 Å². The van der Waals surface area contributed by atoms with Crippen molar-refractivity contribution in [2.45, 2.75) is 32.1 Å². The third-order valence-corrected chi connectivity index (χ3v) is 3.71. The van der Waals surface area contributed by atoms with E-state index in [1.165, 1.54) is 0 Å². The van der Waals surface area contributed by atoms with Crippen LogP contribution in [0.3, 0.4) is 0 Å². The van der Waals surface area contributed by atoms with Crippen LogP contribution < -0.4 is 16.4 Å². The molecule has 4 N–H and O–H groups in total. The number of benzene rings is 1. The van der Waals surface area contributed by atoms with Crippen molar-refractivity contribution in [1.29, 1.82) is 0 Å². The number of carbonyl (C=O) groups is 2. The van der Waals surface area contributed by atoms with Gasteiger partial charge in [-0.15, -0.1) is 0 Å². The molecular formula is C19H24N4O2. The number of rotatable bonds is 9. The van der Waals surface area contributed by atoms with Crippen LogP contribution in [0.2, 0.25) is 0 Å². The third-order valence-electron chi connectivity index (χ3n) is 3.71. The highest BCUT2D eigenvalue weighted by molar-refractivity contribution is 6.04. The lowest BCUT2D eigenvalue weighted by Gasteiger charge is -2.07. The molecule has 1 aromatic heterocycles. The van der Waals surface area contributed by atoms with Crippen LogP contribution >= 0.6 is 0 Å². The van der Waals surface area contributed by atoms with Gasteiger partial charge < -0.3 is 16.4 Å². The van der Waals surface area contributed by atoms with Crippen molar-refractivity contribution < 1.29 is 9.59 Å². The SMILES string of the molecule is NCCCCCCC(=O)Nc1ccc(C(=O)Nc2cccnc2)cc1. The maximum atomic E-state index is 12.1. The summed E-state index contributed by atoms with van der Waals surface area (Å²) < 4.78 is 0. The number of aromatic nitrogens is 1. The van der Waals surface area contributed by atoms with Crippen LogP contribution in [0.1, 0.15) is 42.5 Å². The molecule has 25 heavy (non-hydrogen) atoms. The predicted octanol–water partition coefficient (Wildman–Crippen LogP) is 3.18. The Morgan fingerprint density at radius 3 is 2.36 bits per heavy atom. The molecule has 0 radical (unpaired) electrons. The second-order valence-electron chi connectivity index (χ2n) is 5.77. The number of nitrogens with one attached hydrogen (secondary N) is 2. The summed E-state index contributed by atoms with van der Waals surface area (Å²) in [6.45, 7) is 0.701. The van der Waals surface area contributed by atoms with Gasteiger partial charge in [0, 0.05) is 23.9 Å². The second-order valence-corrected chi connectivity index (χ2v) is 5.77. The number of nitrogens with two attached hydrogens (primary N) is 1. The molecule has 0 aliphatic heterocycles. The lowest BCUT2D eigenvalue weighted by molar-refractivity contribution is -0.116. The van der Waals surface area contributed by atoms with Crippen molar-refractivity contribution in [2.24, 2.45) is 5.73 Å². The maximum absolute atomic E-state index is 12.1. The monoisotopic (exact) mass is 340 g/mol. The quantitative estimate of drug-likeness (QED) is 0.611. The fourth-order valence-electron chi connectivity index (χ4n) is 2.35. The molecule has 0 saturated carbocycles. The Labute approximate surface area is 147 Å². The Kier molecular flexibility index (Phi) is 7.59. The number of unbranched alkanes of at least 4 members (excludes halogenated alkanes) is 3. The van der Waals surface area contributed by atoms with E-state index >= 15 is 0 Å². The fraction of sp³-hybridized carbons (Fsp3) is 0.316. The Morgan fingerprint density at radius 1 is 0.920 bits per heavy atom. The molecule has 1 heterocycles. The highest BCUT2D eigenvalue weighted by Crippen LogP contribution is 2.13. The third kappa shape index (κ3) is 6.73. The molecule has 0 aliphatic rings. The van der Waals surface area contributed by atoms with Crippen LogP contribution in [0.4, 0.5) is 11.4 Å². The summed E-state index contributed by atoms with van der Waals surface area (Å²) in [5.74, 6) is -0.230. The summed E-state index contributed by atoms with van der Waals surface area (Å²) in [7, 11) is 0. The number of pyridine rings is 1. The van der Waals surface area contributed by atoms with Gasteiger partial charge >= 0.3 is 0 Å². The largest absolute Gasteiger partial charge is 0.330 e. The minimum atomic E-state index is -0.217. The maximum Gasteiger partial charge on any atom is 0.255 e. The van der Waals surface area contributed by atoms with Crippen LogP contribution in [-0.4, -0.2) is 23.3 Å². The normalized spacial score (nSPS) is 10.3. The topological polar surface area (TPSA) is 97.1 Å². The van der Waals surface area contributed by atoms with Gasteiger partial charge in [0.25, 0.3) is 5.91 Å². The molecule has 0 saturated heterocycles. The number of carbonyl (C=O) groups excluding carboxylic acids is 2. The van der Waals surface area contributed by atoms with Crippen molar-refractivity contribution >= 4 is 23.2 Å². The first-order valence-corrected chi connectivity index (χ1v) is 8.50. The first kappa shape index (κ1) is 18.6. The van der Waals surface area contributed by atoms with E-state index in [1.807, 2.05) is 0 Å². The summed E-state index contributed by atoms with van der Waals surface area (Å²) in [5.41, 5.74) is 7.28. The molecular weight excluding hydrogens is 316 g/mol. The minimum absolute atomic E-state index is 0.0136. The molecule has 1 aromatic carbocycles. The predicted molar refractivity (Wildman–Crippen MR) is 99.4 cm³/mol. The molecule has 0 atom stereocenters. The van der Waals surface area contributed by atoms with E-state index in [4.69, 9.17) is 5.73 Å². The van der Waals surface area contributed by atoms with Crippen molar-refractivity contribution in [3.8, 4) is 0 Å². The number of amides is 2. The average molecular weight is 340 g/mol. The summed E-state index contributed by atoms with van der Waals surface area (Å²) in [4.78, 5) is 28.0. The molecule has 0 unspecified atom stereocenters. The summed E-state index contributed by atoms with van der Waals surface area (Å²) in [6, 6.07) is 10.3. The van der Waals surface area contributed by atoms with Gasteiger partial charge in [-0.2, -0.15) is 0 Å². The van der Waals surface area contributed by atoms with Gasteiger partial charge in [0.15, 0.2) is 0 Å². The molecule has 132 valence electrons. The van der Waals surface area contributed by atoms with E-state index < -0.39 is 0 Å². The first-order chi connectivity index (χ1) is 12.2. The van der Waals surface area contributed by atoms with Crippen molar-refractivity contribution in [3.63, 3.8) is 0 Å². The van der Waals surface area contributed by atoms with Gasteiger partial charge in [-0.25, -0.2) is 0 Å². The molecule has 0 bridgehead atoms. The van der Waals surface area contributed by atoms with E-state index in [9.17, 15) is 9.59 Å². The minimum Gasteiger partial charge on any atom is -0.330 e. The van der Waals surface area contributed by atoms with Crippen LogP contribution in [0.15, 0.2) is 48.8 Å². The number of anilines is 2. The Balaban J connectivity index is 1.79. The van der Waals surface area contributed by atoms with Crippen molar-refractivity contribution in [1.82, 2.24) is 4.98 Å². The highest BCUT2D eigenvalue weighted by Gasteiger charge is 2.07. The first-order valence-electron chi connectivity index (χ1n) is 8.50. The van der Waals surface area contributed by atoms with Crippen molar-refractivity contribution in [3.05, 3.63) is 54.4 Å². The molecule has 2 rings (SSSR count). The van der Waals surface area contributed by atoms with Crippen molar-refractivity contribution in [2.75, 3.05) is 17.2 Å². The molecule has 6 nitrogen and oxygen atoms in total. The Bertz CT molecular complexity index is 672. The van der Waals surface area contributed by atoms with Gasteiger partial charge in [0.2, 0.25) is 5.91 Å². The van der Waals surface area contributed by atoms with Gasteiger partial charge in [-0.1, -0.05) is 12.8 Å². The van der Waals surface area contributed by atoms with E-state index in [1.54, 1.807) is 48.8 Å². The zero-order valence-electron chi connectivity index (χ0n) is 14.2. The lowest BCUT2D eigenvalue weighted by atomic mass is 10.1. The smallest absolute Gasteiger partial charge is 0.255 e. The molecule has 0 spiro atoms. The van der Waals surface area contributed by atoms with Gasteiger partial charge in [-0.3, -0.25) is 14.6 Å². The van der Waals surface area contributed by atoms with Crippen LogP contribution in [0.5, 0.6) is 0 Å². The summed E-state index contributed by atoms with van der Waals surface area (Å²) in [6.07, 6.45) is 7.66. The fourth-order valence-corrected chi connectivity index (χ4v) is 2.35. The number of nitrogens with zero attached hydrogens (tertiary/aromatic N) is 1. The highest BCUT2D eigenvalue weighted by atomic mass is 16.2. The Hall–Kier alpha value is -2.73. The summed E-state index contributed by atoms with van der Waals surface area (Å²) >= 11 is 0. The van der Waals surface area contributed by atoms with Crippen LogP contribution in [0.25, 0.3) is 0 Å². The van der Waals surface area contributed by atoms with E-state index in [0.29, 0.717) is 29.9 Å². The molecule has 6 heteroatoms. The zero-order valence-corrected chi connectivity index (χ0v) is 14.2. The number of hydrogen-bond acceptors (Lipinski definition) is 4. The van der Waals surface area contributed by atoms with E-state index in [0.717, 1.165) is 25.7 Å². The molecule has 2 amide bonds. The van der Waals surface area contributed by atoms with E-state index in [-0.39, 0.29) is 11.8 Å². The standard InChI is InChI=1S/C19H24N4O2/c20-12-4-2-1-3-7-18(24)22-16-10-8-15(9-11-16)19(25)23-17-6-5-13-21-14-17/h5-6,8-11,13-14H,1-4,7,12,20H2,(H,22,24)(H,23,25). The zero-order chi connectivity index (χ0) is 17.9. The Morgan fingerprint density at radius 2 is 1.68 bits per heavy atom. The van der Waals surface area contributed by atoms with Crippen LogP contribution in [0, 0.1) is 0 Å². The summed E-state index contributed by atoms with van der Waals surface area (Å²) in [5, 5.41) is 5.61. The van der Waals surface area contributed by atoms with E-state index in [2.05, 4.69) is 15.6 Å². The van der Waals surface area contributed by atoms with Gasteiger partial charge in [0.1, 0.15) is 0 Å². The lowest BCUT2D eigenvalue weighted by Crippen LogP contribution is -2.13. The number of hydrogen-bond donors (Lipinski definition) is 3. The molecule has 0 aliphatic carbocycles.